The molecule has 17 heavy (non-hydrogen) atoms. The monoisotopic (exact) mass is 224 g/mol. The van der Waals surface area contributed by atoms with Crippen molar-refractivity contribution in [3.8, 4) is 0 Å². The van der Waals surface area contributed by atoms with Gasteiger partial charge in [-0.05, 0) is 40.7 Å². The van der Waals surface area contributed by atoms with Gasteiger partial charge in [0.1, 0.15) is 6.29 Å². The predicted octanol–water partition coefficient (Wildman–Crippen LogP) is 3.85. The second-order valence-electron chi connectivity index (χ2n) is 4.90. The molecule has 2 aromatic rings. The zero-order chi connectivity index (χ0) is 11.7. The standard InChI is InChI=1S/C16H16O/c17-10-9-12-7-8-16-14(11-12)5-2-6-15(16)13-3-1-4-13/h2,5-8,10-11,13H,1,3-4,9H2. The highest BCUT2D eigenvalue weighted by molar-refractivity contribution is 5.87. The molecule has 0 spiro atoms. The number of fused-ring (bicyclic) bond motifs is 1. The summed E-state index contributed by atoms with van der Waals surface area (Å²) in [6.45, 7) is 0. The fraction of sp³-hybridized carbons (Fsp3) is 0.312. The third-order valence-electron chi connectivity index (χ3n) is 3.84. The molecule has 1 aliphatic carbocycles. The van der Waals surface area contributed by atoms with Crippen LogP contribution in [0.2, 0.25) is 0 Å². The molecule has 1 fully saturated rings. The van der Waals surface area contributed by atoms with E-state index in [1.165, 1.54) is 35.6 Å². The number of hydrogen-bond acceptors (Lipinski definition) is 1. The molecule has 3 rings (SSSR count). The summed E-state index contributed by atoms with van der Waals surface area (Å²) in [6.07, 6.45) is 5.51. The van der Waals surface area contributed by atoms with Crippen LogP contribution in [0, 0.1) is 0 Å². The van der Waals surface area contributed by atoms with Crippen LogP contribution in [0.1, 0.15) is 36.3 Å². The average Bonchev–Trinajstić information content (AvgIpc) is 2.27. The molecule has 0 aromatic heterocycles. The van der Waals surface area contributed by atoms with Gasteiger partial charge in [0.05, 0.1) is 0 Å². The molecule has 86 valence electrons. The van der Waals surface area contributed by atoms with Gasteiger partial charge in [-0.25, -0.2) is 0 Å². The first-order valence-electron chi connectivity index (χ1n) is 6.33. The SMILES string of the molecule is O=CCc1ccc2c(C3CCC3)cccc2c1. The largest absolute Gasteiger partial charge is 0.303 e. The molecular formula is C16H16O. The summed E-state index contributed by atoms with van der Waals surface area (Å²) in [6, 6.07) is 12.9. The van der Waals surface area contributed by atoms with Gasteiger partial charge in [0.2, 0.25) is 0 Å². The van der Waals surface area contributed by atoms with Crippen molar-refractivity contribution >= 4 is 17.1 Å². The van der Waals surface area contributed by atoms with E-state index < -0.39 is 0 Å². The molecule has 0 heterocycles. The Morgan fingerprint density at radius 3 is 2.76 bits per heavy atom. The van der Waals surface area contributed by atoms with Crippen molar-refractivity contribution in [1.82, 2.24) is 0 Å². The van der Waals surface area contributed by atoms with E-state index in [4.69, 9.17) is 0 Å². The maximum Gasteiger partial charge on any atom is 0.124 e. The topological polar surface area (TPSA) is 17.1 Å². The van der Waals surface area contributed by atoms with Gasteiger partial charge < -0.3 is 4.79 Å². The summed E-state index contributed by atoms with van der Waals surface area (Å²) in [5.41, 5.74) is 2.60. The Kier molecular flexibility index (Phi) is 2.68. The number of carbonyl (C=O) groups excluding carboxylic acids is 1. The first-order chi connectivity index (χ1) is 8.38. The van der Waals surface area contributed by atoms with Gasteiger partial charge in [-0.3, -0.25) is 0 Å². The summed E-state index contributed by atoms with van der Waals surface area (Å²) in [4.78, 5) is 10.5. The highest BCUT2D eigenvalue weighted by atomic mass is 16.1. The van der Waals surface area contributed by atoms with E-state index in [1.807, 2.05) is 0 Å². The maximum atomic E-state index is 10.5. The molecule has 1 aliphatic rings. The molecule has 0 bridgehead atoms. The van der Waals surface area contributed by atoms with Crippen molar-refractivity contribution in [2.75, 3.05) is 0 Å². The van der Waals surface area contributed by atoms with Crippen LogP contribution >= 0.6 is 0 Å². The minimum absolute atomic E-state index is 0.517. The fourth-order valence-electron chi connectivity index (χ4n) is 2.66. The Morgan fingerprint density at radius 2 is 2.06 bits per heavy atom. The minimum atomic E-state index is 0.517. The van der Waals surface area contributed by atoms with Crippen molar-refractivity contribution in [2.24, 2.45) is 0 Å². The molecule has 0 radical (unpaired) electrons. The second kappa shape index (κ2) is 4.33. The Balaban J connectivity index is 2.09. The van der Waals surface area contributed by atoms with Crippen molar-refractivity contribution in [1.29, 1.82) is 0 Å². The minimum Gasteiger partial charge on any atom is -0.303 e. The van der Waals surface area contributed by atoms with Crippen molar-refractivity contribution in [3.05, 3.63) is 47.5 Å². The molecule has 0 atom stereocenters. The summed E-state index contributed by atoms with van der Waals surface area (Å²) in [5.74, 6) is 0.760. The maximum absolute atomic E-state index is 10.5. The molecule has 0 aliphatic heterocycles. The highest BCUT2D eigenvalue weighted by Crippen LogP contribution is 2.39. The third-order valence-corrected chi connectivity index (χ3v) is 3.84. The Hall–Kier alpha value is -1.63. The molecule has 0 amide bonds. The lowest BCUT2D eigenvalue weighted by Gasteiger charge is -2.27. The average molecular weight is 224 g/mol. The molecule has 1 heteroatoms. The van der Waals surface area contributed by atoms with Crippen molar-refractivity contribution in [2.45, 2.75) is 31.6 Å². The molecule has 2 aromatic carbocycles. The first kappa shape index (κ1) is 10.5. The smallest absolute Gasteiger partial charge is 0.124 e. The lowest BCUT2D eigenvalue weighted by Crippen LogP contribution is -2.09. The van der Waals surface area contributed by atoms with Crippen LogP contribution in [0.15, 0.2) is 36.4 Å². The van der Waals surface area contributed by atoms with Gasteiger partial charge in [-0.2, -0.15) is 0 Å². The predicted molar refractivity (Wildman–Crippen MR) is 70.3 cm³/mol. The van der Waals surface area contributed by atoms with E-state index in [0.717, 1.165) is 17.8 Å². The lowest BCUT2D eigenvalue weighted by atomic mass is 9.78. The van der Waals surface area contributed by atoms with E-state index in [2.05, 4.69) is 36.4 Å². The van der Waals surface area contributed by atoms with Gasteiger partial charge in [-0.1, -0.05) is 42.8 Å². The molecule has 0 saturated heterocycles. The van der Waals surface area contributed by atoms with Crippen molar-refractivity contribution in [3.63, 3.8) is 0 Å². The summed E-state index contributed by atoms with van der Waals surface area (Å²) < 4.78 is 0. The zero-order valence-electron chi connectivity index (χ0n) is 9.86. The molecule has 0 unspecified atom stereocenters. The molecule has 1 nitrogen and oxygen atoms in total. The molecule has 0 N–H and O–H groups in total. The zero-order valence-corrected chi connectivity index (χ0v) is 9.86. The van der Waals surface area contributed by atoms with Gasteiger partial charge in [-0.15, -0.1) is 0 Å². The Bertz CT molecular complexity index is 552. The van der Waals surface area contributed by atoms with Gasteiger partial charge in [0, 0.05) is 6.42 Å². The van der Waals surface area contributed by atoms with E-state index in [1.54, 1.807) is 0 Å². The second-order valence-corrected chi connectivity index (χ2v) is 4.90. The quantitative estimate of drug-likeness (QED) is 0.724. The van der Waals surface area contributed by atoms with E-state index in [-0.39, 0.29) is 0 Å². The number of hydrogen-bond donors (Lipinski definition) is 0. The Morgan fingerprint density at radius 1 is 1.18 bits per heavy atom. The third kappa shape index (κ3) is 1.86. The summed E-state index contributed by atoms with van der Waals surface area (Å²) >= 11 is 0. The summed E-state index contributed by atoms with van der Waals surface area (Å²) in [7, 11) is 0. The summed E-state index contributed by atoms with van der Waals surface area (Å²) in [5, 5.41) is 2.64. The van der Waals surface area contributed by atoms with Crippen LogP contribution in [0.3, 0.4) is 0 Å². The van der Waals surface area contributed by atoms with E-state index >= 15 is 0 Å². The Labute approximate surface area is 101 Å². The van der Waals surface area contributed by atoms with Crippen LogP contribution in [0.25, 0.3) is 10.8 Å². The van der Waals surface area contributed by atoms with Gasteiger partial charge in [0.25, 0.3) is 0 Å². The highest BCUT2D eigenvalue weighted by Gasteiger charge is 2.20. The number of benzene rings is 2. The van der Waals surface area contributed by atoms with Crippen molar-refractivity contribution < 1.29 is 4.79 Å². The van der Waals surface area contributed by atoms with Crippen LogP contribution in [0.4, 0.5) is 0 Å². The van der Waals surface area contributed by atoms with Crippen LogP contribution < -0.4 is 0 Å². The van der Waals surface area contributed by atoms with Crippen LogP contribution in [-0.2, 0) is 11.2 Å². The lowest BCUT2D eigenvalue weighted by molar-refractivity contribution is -0.107. The van der Waals surface area contributed by atoms with E-state index in [0.29, 0.717) is 6.42 Å². The number of carbonyl (C=O) groups is 1. The van der Waals surface area contributed by atoms with Gasteiger partial charge in [0.15, 0.2) is 0 Å². The first-order valence-corrected chi connectivity index (χ1v) is 6.33. The van der Waals surface area contributed by atoms with Crippen LogP contribution in [0.5, 0.6) is 0 Å². The van der Waals surface area contributed by atoms with Crippen LogP contribution in [-0.4, -0.2) is 6.29 Å². The molecular weight excluding hydrogens is 208 g/mol. The number of aldehydes is 1. The van der Waals surface area contributed by atoms with Gasteiger partial charge >= 0.3 is 0 Å². The fourth-order valence-corrected chi connectivity index (χ4v) is 2.66. The number of rotatable bonds is 3. The van der Waals surface area contributed by atoms with E-state index in [9.17, 15) is 4.79 Å². The normalized spacial score (nSPS) is 15.8. The molecule has 1 saturated carbocycles.